The van der Waals surface area contributed by atoms with Gasteiger partial charge in [-0.3, -0.25) is 9.69 Å². The average Bonchev–Trinajstić information content (AvgIpc) is 3.07. The molecule has 0 atom stereocenters. The Bertz CT molecular complexity index is 858. The molecular weight excluding hydrogens is 394 g/mol. The largest absolute Gasteiger partial charge is 0.370 e. The predicted octanol–water partition coefficient (Wildman–Crippen LogP) is 3.23. The maximum absolute atomic E-state index is 11.7. The minimum atomic E-state index is -0.139. The molecule has 30 heavy (non-hydrogen) atoms. The molecular formula is C23H31N5OS. The Kier molecular flexibility index (Phi) is 5.74. The van der Waals surface area contributed by atoms with Crippen LogP contribution >= 0.6 is 11.3 Å². The first-order chi connectivity index (χ1) is 14.7. The number of pyridine rings is 1. The number of fused-ring (bicyclic) bond motifs is 1. The minimum absolute atomic E-state index is 0.139. The van der Waals surface area contributed by atoms with Gasteiger partial charge in [0.2, 0.25) is 0 Å². The molecule has 0 aromatic carbocycles. The number of nitrogens with one attached hydrogen (secondary N) is 1. The van der Waals surface area contributed by atoms with E-state index in [0.29, 0.717) is 11.6 Å². The van der Waals surface area contributed by atoms with E-state index in [-0.39, 0.29) is 5.91 Å². The lowest BCUT2D eigenvalue weighted by Gasteiger charge is -2.36. The summed E-state index contributed by atoms with van der Waals surface area (Å²) < 4.78 is 0. The lowest BCUT2D eigenvalue weighted by atomic mass is 9.91. The fourth-order valence-corrected chi connectivity index (χ4v) is 6.18. The van der Waals surface area contributed by atoms with Crippen molar-refractivity contribution in [2.75, 3.05) is 38.1 Å². The van der Waals surface area contributed by atoms with Crippen molar-refractivity contribution in [3.05, 3.63) is 39.6 Å². The molecule has 2 fully saturated rings. The van der Waals surface area contributed by atoms with E-state index in [2.05, 4.69) is 20.1 Å². The van der Waals surface area contributed by atoms with Crippen molar-refractivity contribution in [1.29, 1.82) is 0 Å². The molecule has 1 N–H and O–H groups in total. The highest BCUT2D eigenvalue weighted by Crippen LogP contribution is 2.36. The lowest BCUT2D eigenvalue weighted by Crippen LogP contribution is -2.41. The topological polar surface area (TPSA) is 61.4 Å². The Morgan fingerprint density at radius 3 is 2.57 bits per heavy atom. The normalized spacial score (nSPS) is 21.0. The summed E-state index contributed by atoms with van der Waals surface area (Å²) in [6.07, 6.45) is 10.6. The molecule has 1 saturated heterocycles. The van der Waals surface area contributed by atoms with Crippen LogP contribution in [0.1, 0.15) is 64.1 Å². The van der Waals surface area contributed by atoms with Crippen molar-refractivity contribution >= 4 is 22.9 Å². The first-order valence-electron chi connectivity index (χ1n) is 11.4. The van der Waals surface area contributed by atoms with Crippen molar-refractivity contribution in [2.24, 2.45) is 0 Å². The molecule has 2 aromatic rings. The molecule has 4 heterocycles. The number of hydrogen-bond acceptors (Lipinski definition) is 6. The number of anilines is 1. The second-order valence-electron chi connectivity index (χ2n) is 8.78. The number of rotatable bonds is 4. The maximum atomic E-state index is 11.7. The first kappa shape index (κ1) is 19.9. The Labute approximate surface area is 182 Å². The summed E-state index contributed by atoms with van der Waals surface area (Å²) in [5.41, 5.74) is 2.96. The highest BCUT2D eigenvalue weighted by Gasteiger charge is 2.29. The number of nitrogens with zero attached hydrogens (tertiary/aromatic N) is 4. The fourth-order valence-electron chi connectivity index (χ4n) is 4.91. The van der Waals surface area contributed by atoms with Crippen LogP contribution in [0.25, 0.3) is 0 Å². The smallest absolute Gasteiger partial charge is 0.269 e. The molecule has 0 radical (unpaired) electrons. The van der Waals surface area contributed by atoms with Crippen molar-refractivity contribution in [1.82, 2.24) is 20.2 Å². The van der Waals surface area contributed by atoms with Crippen molar-refractivity contribution in [2.45, 2.75) is 56.9 Å². The number of amides is 1. The summed E-state index contributed by atoms with van der Waals surface area (Å²) >= 11 is 1.99. The Balaban J connectivity index is 1.18. The molecule has 1 aliphatic carbocycles. The zero-order valence-electron chi connectivity index (χ0n) is 17.8. The van der Waals surface area contributed by atoms with Crippen LogP contribution in [-0.2, 0) is 12.8 Å². The van der Waals surface area contributed by atoms with Crippen LogP contribution in [0.4, 0.5) is 5.69 Å². The number of aromatic nitrogens is 2. The van der Waals surface area contributed by atoms with Gasteiger partial charge < -0.3 is 10.2 Å². The Hall–Kier alpha value is -1.99. The summed E-state index contributed by atoms with van der Waals surface area (Å²) in [6.45, 7) is 4.45. The molecule has 5 rings (SSSR count). The summed E-state index contributed by atoms with van der Waals surface area (Å²) in [5.74, 6) is 0.443. The Morgan fingerprint density at radius 1 is 1.10 bits per heavy atom. The number of thiazole rings is 1. The minimum Gasteiger partial charge on any atom is -0.370 e. The molecule has 0 spiro atoms. The van der Waals surface area contributed by atoms with E-state index >= 15 is 0 Å². The van der Waals surface area contributed by atoms with E-state index in [1.165, 1.54) is 49.5 Å². The van der Waals surface area contributed by atoms with Crippen LogP contribution in [0.3, 0.4) is 0 Å². The zero-order valence-corrected chi connectivity index (χ0v) is 18.6. The van der Waals surface area contributed by atoms with Gasteiger partial charge in [0.15, 0.2) is 0 Å². The van der Waals surface area contributed by atoms with E-state index in [4.69, 9.17) is 4.98 Å². The van der Waals surface area contributed by atoms with Gasteiger partial charge in [-0.05, 0) is 44.2 Å². The third kappa shape index (κ3) is 3.97. The molecule has 3 aliphatic rings. The molecule has 1 saturated carbocycles. The number of piperidine rings is 1. The summed E-state index contributed by atoms with van der Waals surface area (Å²) in [7, 11) is 1.63. The van der Waals surface area contributed by atoms with Crippen LogP contribution in [0.15, 0.2) is 18.3 Å². The average molecular weight is 426 g/mol. The zero-order chi connectivity index (χ0) is 20.5. The quantitative estimate of drug-likeness (QED) is 0.815. The number of carbonyl (C=O) groups excluding carboxylic acids is 1. The maximum Gasteiger partial charge on any atom is 0.269 e. The summed E-state index contributed by atoms with van der Waals surface area (Å²) in [6, 6.07) is 4.67. The van der Waals surface area contributed by atoms with Crippen LogP contribution in [-0.4, -0.2) is 60.0 Å². The summed E-state index contributed by atoms with van der Waals surface area (Å²) in [4.78, 5) is 27.8. The van der Waals surface area contributed by atoms with Crippen LogP contribution < -0.4 is 10.2 Å². The van der Waals surface area contributed by atoms with Gasteiger partial charge in [0.25, 0.3) is 5.91 Å². The highest BCUT2D eigenvalue weighted by atomic mass is 32.1. The van der Waals surface area contributed by atoms with E-state index in [0.717, 1.165) is 44.1 Å². The lowest BCUT2D eigenvalue weighted by molar-refractivity contribution is 0.0958. The molecule has 0 bridgehead atoms. The van der Waals surface area contributed by atoms with Gasteiger partial charge >= 0.3 is 0 Å². The highest BCUT2D eigenvalue weighted by molar-refractivity contribution is 7.11. The van der Waals surface area contributed by atoms with Gasteiger partial charge in [0.1, 0.15) is 5.69 Å². The third-order valence-corrected chi connectivity index (χ3v) is 8.38. The number of hydrogen-bond donors (Lipinski definition) is 1. The molecule has 1 amide bonds. The van der Waals surface area contributed by atoms with Gasteiger partial charge in [-0.2, -0.15) is 0 Å². The standard InChI is InChI=1S/C23H31N5OS/c1-24-22(29)20-6-5-18(15-25-20)28-11-7-16(8-12-28)23-26-19-9-13-27(17-3-2-4-17)14-10-21(19)30-23/h5-6,15-17H,2-4,7-14H2,1H3,(H,24,29). The molecule has 0 unspecified atom stereocenters. The van der Waals surface area contributed by atoms with Gasteiger partial charge in [-0.1, -0.05) is 6.42 Å². The third-order valence-electron chi connectivity index (χ3n) is 7.06. The van der Waals surface area contributed by atoms with Gasteiger partial charge in [-0.25, -0.2) is 9.97 Å². The van der Waals surface area contributed by atoms with Crippen LogP contribution in [0, 0.1) is 0 Å². The van der Waals surface area contributed by atoms with E-state index in [1.807, 2.05) is 29.7 Å². The van der Waals surface area contributed by atoms with E-state index < -0.39 is 0 Å². The first-order valence-corrected chi connectivity index (χ1v) is 12.2. The van der Waals surface area contributed by atoms with E-state index in [9.17, 15) is 4.79 Å². The summed E-state index contributed by atoms with van der Waals surface area (Å²) in [5, 5.41) is 3.98. The number of carbonyl (C=O) groups is 1. The van der Waals surface area contributed by atoms with Crippen LogP contribution in [0.5, 0.6) is 0 Å². The van der Waals surface area contributed by atoms with Gasteiger partial charge in [-0.15, -0.1) is 11.3 Å². The molecule has 6 nitrogen and oxygen atoms in total. The second kappa shape index (κ2) is 8.63. The molecule has 7 heteroatoms. The molecule has 160 valence electrons. The monoisotopic (exact) mass is 425 g/mol. The second-order valence-corrected chi connectivity index (χ2v) is 9.90. The van der Waals surface area contributed by atoms with E-state index in [1.54, 1.807) is 11.9 Å². The fraction of sp³-hybridized carbons (Fsp3) is 0.609. The predicted molar refractivity (Wildman–Crippen MR) is 121 cm³/mol. The van der Waals surface area contributed by atoms with Crippen molar-refractivity contribution in [3.8, 4) is 0 Å². The molecule has 2 aliphatic heterocycles. The Morgan fingerprint density at radius 2 is 1.90 bits per heavy atom. The molecule has 2 aromatic heterocycles. The van der Waals surface area contributed by atoms with Crippen LogP contribution in [0.2, 0.25) is 0 Å². The SMILES string of the molecule is CNC(=O)c1ccc(N2CCC(c3nc4c(s3)CCN(C3CCC3)CC4)CC2)cn1. The van der Waals surface area contributed by atoms with Crippen molar-refractivity contribution in [3.63, 3.8) is 0 Å². The van der Waals surface area contributed by atoms with Gasteiger partial charge in [0.05, 0.1) is 22.6 Å². The van der Waals surface area contributed by atoms with Crippen molar-refractivity contribution < 1.29 is 4.79 Å². The van der Waals surface area contributed by atoms with Gasteiger partial charge in [0, 0.05) is 56.5 Å².